The molecule has 9 heteroatoms. The molecule has 2 N–H and O–H groups in total. The summed E-state index contributed by atoms with van der Waals surface area (Å²) in [4.78, 5) is 14.2. The summed E-state index contributed by atoms with van der Waals surface area (Å²) in [6, 6.07) is 14.5. The molecule has 0 aliphatic carbocycles. The Morgan fingerprint density at radius 1 is 1.10 bits per heavy atom. The van der Waals surface area contributed by atoms with Gasteiger partial charge in [-0.05, 0) is 61.0 Å². The molecule has 3 rings (SSSR count). The molecule has 1 unspecified atom stereocenters. The van der Waals surface area contributed by atoms with Gasteiger partial charge in [0.15, 0.2) is 5.76 Å². The van der Waals surface area contributed by atoms with Crippen LogP contribution >= 0.6 is 0 Å². The Morgan fingerprint density at radius 2 is 1.73 bits per heavy atom. The lowest BCUT2D eigenvalue weighted by molar-refractivity contribution is 0.0706. The van der Waals surface area contributed by atoms with Crippen LogP contribution in [-0.2, 0) is 16.6 Å². The number of carbonyl (C=O) groups excluding carboxylic acids is 1. The van der Waals surface area contributed by atoms with Crippen LogP contribution in [0.2, 0.25) is 0 Å². The first-order chi connectivity index (χ1) is 14.1. The van der Waals surface area contributed by atoms with Gasteiger partial charge in [-0.2, -0.15) is 0 Å². The Kier molecular flexibility index (Phi) is 6.23. The van der Waals surface area contributed by atoms with Gasteiger partial charge in [-0.3, -0.25) is 4.79 Å². The predicted octanol–water partition coefficient (Wildman–Crippen LogP) is 3.48. The van der Waals surface area contributed by atoms with Gasteiger partial charge < -0.3 is 14.1 Å². The number of hydrogen-bond donors (Lipinski definition) is 1. The minimum absolute atomic E-state index is 0.00394. The lowest BCUT2D eigenvalue weighted by Gasteiger charge is -2.24. The van der Waals surface area contributed by atoms with Crippen molar-refractivity contribution < 1.29 is 26.8 Å². The predicted molar refractivity (Wildman–Crippen MR) is 108 cm³/mol. The largest absolute Gasteiger partial charge is 0.486 e. The Morgan fingerprint density at radius 3 is 2.33 bits per heavy atom. The number of nitrogens with zero attached hydrogens (tertiary/aromatic N) is 1. The lowest BCUT2D eigenvalue weighted by Crippen LogP contribution is -2.29. The molecule has 0 spiro atoms. The quantitative estimate of drug-likeness (QED) is 0.616. The molecule has 0 saturated heterocycles. The van der Waals surface area contributed by atoms with Gasteiger partial charge in [-0.15, -0.1) is 0 Å². The van der Waals surface area contributed by atoms with E-state index in [-0.39, 0.29) is 35.0 Å². The van der Waals surface area contributed by atoms with Crippen LogP contribution in [0.5, 0.6) is 5.75 Å². The van der Waals surface area contributed by atoms with Crippen LogP contribution in [0.1, 0.15) is 34.8 Å². The van der Waals surface area contributed by atoms with E-state index < -0.39 is 10.0 Å². The molecule has 2 aromatic carbocycles. The minimum atomic E-state index is -3.78. The molecule has 0 fully saturated rings. The zero-order valence-electron chi connectivity index (χ0n) is 16.4. The van der Waals surface area contributed by atoms with Crippen LogP contribution in [0.15, 0.2) is 70.0 Å². The van der Waals surface area contributed by atoms with E-state index in [9.17, 15) is 17.6 Å². The molecular weight excluding hydrogens is 411 g/mol. The fraction of sp³-hybridized carbons (Fsp3) is 0.190. The number of furan rings is 1. The molecule has 158 valence electrons. The minimum Gasteiger partial charge on any atom is -0.486 e. The van der Waals surface area contributed by atoms with Gasteiger partial charge in [0.25, 0.3) is 5.91 Å². The van der Waals surface area contributed by atoms with Crippen molar-refractivity contribution in [2.75, 3.05) is 7.05 Å². The highest BCUT2D eigenvalue weighted by atomic mass is 32.2. The number of ether oxygens (including phenoxy) is 1. The molecule has 1 amide bonds. The monoisotopic (exact) mass is 432 g/mol. The second-order valence-electron chi connectivity index (χ2n) is 6.71. The van der Waals surface area contributed by atoms with E-state index >= 15 is 0 Å². The van der Waals surface area contributed by atoms with Crippen molar-refractivity contribution >= 4 is 15.9 Å². The highest BCUT2D eigenvalue weighted by Gasteiger charge is 2.22. The zero-order valence-corrected chi connectivity index (χ0v) is 17.2. The molecule has 0 bridgehead atoms. The van der Waals surface area contributed by atoms with Crippen molar-refractivity contribution in [1.29, 1.82) is 0 Å². The second kappa shape index (κ2) is 8.68. The molecule has 0 aliphatic heterocycles. The third kappa shape index (κ3) is 5.05. The van der Waals surface area contributed by atoms with Crippen LogP contribution in [0.25, 0.3) is 0 Å². The number of carbonyl (C=O) groups is 1. The van der Waals surface area contributed by atoms with Gasteiger partial charge >= 0.3 is 0 Å². The van der Waals surface area contributed by atoms with E-state index in [2.05, 4.69) is 0 Å². The number of halogens is 1. The molecule has 30 heavy (non-hydrogen) atoms. The average Bonchev–Trinajstić information content (AvgIpc) is 3.20. The summed E-state index contributed by atoms with van der Waals surface area (Å²) >= 11 is 0. The van der Waals surface area contributed by atoms with Crippen LogP contribution in [-0.4, -0.2) is 26.3 Å². The summed E-state index contributed by atoms with van der Waals surface area (Å²) in [5, 5.41) is 5.11. The number of sulfonamides is 1. The number of primary sulfonamides is 1. The summed E-state index contributed by atoms with van der Waals surface area (Å²) in [6.07, 6.45) is 0. The first-order valence-electron chi connectivity index (χ1n) is 9.02. The summed E-state index contributed by atoms with van der Waals surface area (Å²) in [5.41, 5.74) is 0.740. The van der Waals surface area contributed by atoms with E-state index in [1.54, 1.807) is 31.3 Å². The zero-order chi connectivity index (χ0) is 21.9. The van der Waals surface area contributed by atoms with E-state index in [1.165, 1.54) is 41.3 Å². The van der Waals surface area contributed by atoms with Gasteiger partial charge in [0.05, 0.1) is 10.9 Å². The number of benzene rings is 2. The standard InChI is InChI=1S/C21H21FN2O5S/c1-14(15-3-10-19(11-4-15)30(23,26)27)24(2)21(25)20-12-9-18(29-20)13-28-17-7-5-16(22)6-8-17/h3-12,14H,13H2,1-2H3,(H2,23,26,27). The van der Waals surface area contributed by atoms with Crippen molar-refractivity contribution in [3.05, 3.63) is 83.6 Å². The molecule has 0 saturated carbocycles. The van der Waals surface area contributed by atoms with E-state index in [0.717, 1.165) is 5.56 Å². The van der Waals surface area contributed by atoms with Crippen molar-refractivity contribution in [3.63, 3.8) is 0 Å². The van der Waals surface area contributed by atoms with Crippen molar-refractivity contribution in [2.45, 2.75) is 24.5 Å². The smallest absolute Gasteiger partial charge is 0.289 e. The Bertz CT molecular complexity index is 1120. The normalized spacial score (nSPS) is 12.4. The van der Waals surface area contributed by atoms with Crippen LogP contribution in [0, 0.1) is 5.82 Å². The lowest BCUT2D eigenvalue weighted by atomic mass is 10.1. The fourth-order valence-electron chi connectivity index (χ4n) is 2.77. The van der Waals surface area contributed by atoms with Gasteiger partial charge in [0, 0.05) is 7.05 Å². The maximum Gasteiger partial charge on any atom is 0.289 e. The average molecular weight is 432 g/mol. The summed E-state index contributed by atoms with van der Waals surface area (Å²) in [5.74, 6) is 0.370. The second-order valence-corrected chi connectivity index (χ2v) is 8.28. The molecule has 1 heterocycles. The molecule has 0 aliphatic rings. The van der Waals surface area contributed by atoms with Crippen LogP contribution in [0.3, 0.4) is 0 Å². The van der Waals surface area contributed by atoms with Crippen molar-refractivity contribution in [3.8, 4) is 5.75 Å². The van der Waals surface area contributed by atoms with Crippen molar-refractivity contribution in [2.24, 2.45) is 5.14 Å². The Labute approximate surface area is 173 Å². The van der Waals surface area contributed by atoms with Gasteiger partial charge in [0.2, 0.25) is 10.0 Å². The van der Waals surface area contributed by atoms with Crippen molar-refractivity contribution in [1.82, 2.24) is 4.90 Å². The fourth-order valence-corrected chi connectivity index (χ4v) is 3.28. The molecule has 1 atom stereocenters. The maximum atomic E-state index is 12.9. The Balaban J connectivity index is 1.64. The van der Waals surface area contributed by atoms with Crippen LogP contribution < -0.4 is 9.88 Å². The highest BCUT2D eigenvalue weighted by molar-refractivity contribution is 7.89. The van der Waals surface area contributed by atoms with Gasteiger partial charge in [-0.1, -0.05) is 12.1 Å². The SMILES string of the molecule is CC(c1ccc(S(N)(=O)=O)cc1)N(C)C(=O)c1ccc(COc2ccc(F)cc2)o1. The first-order valence-corrected chi connectivity index (χ1v) is 10.6. The van der Waals surface area contributed by atoms with Gasteiger partial charge in [0.1, 0.15) is 23.9 Å². The highest BCUT2D eigenvalue weighted by Crippen LogP contribution is 2.23. The Hall–Kier alpha value is -3.17. The number of hydrogen-bond acceptors (Lipinski definition) is 5. The van der Waals surface area contributed by atoms with E-state index in [4.69, 9.17) is 14.3 Å². The topological polar surface area (TPSA) is 103 Å². The molecule has 7 nitrogen and oxygen atoms in total. The molecule has 3 aromatic rings. The molecular formula is C21H21FN2O5S. The third-order valence-electron chi connectivity index (χ3n) is 4.66. The number of nitrogens with two attached hydrogens (primary N) is 1. The van der Waals surface area contributed by atoms with Crippen LogP contribution in [0.4, 0.5) is 4.39 Å². The molecule has 0 radical (unpaired) electrons. The van der Waals surface area contributed by atoms with E-state index in [0.29, 0.717) is 11.5 Å². The number of amides is 1. The summed E-state index contributed by atoms with van der Waals surface area (Å²) in [7, 11) is -2.15. The maximum absolute atomic E-state index is 12.9. The first kappa shape index (κ1) is 21.5. The molecule has 1 aromatic heterocycles. The third-order valence-corrected chi connectivity index (χ3v) is 5.59. The van der Waals surface area contributed by atoms with Gasteiger partial charge in [-0.25, -0.2) is 17.9 Å². The summed E-state index contributed by atoms with van der Waals surface area (Å²) in [6.45, 7) is 1.90. The summed E-state index contributed by atoms with van der Waals surface area (Å²) < 4.78 is 46.8. The number of rotatable bonds is 7. The van der Waals surface area contributed by atoms with E-state index in [1.807, 2.05) is 6.92 Å².